The molecule has 3 unspecified atom stereocenters. The Morgan fingerprint density at radius 2 is 2.06 bits per heavy atom. The number of hydrogen-bond donors (Lipinski definition) is 1. The zero-order chi connectivity index (χ0) is 12.8. The molecule has 106 valence electrons. The summed E-state index contributed by atoms with van der Waals surface area (Å²) in [5.74, 6) is 0. The summed E-state index contributed by atoms with van der Waals surface area (Å²) in [5, 5.41) is 3.88. The Morgan fingerprint density at radius 3 is 2.83 bits per heavy atom. The predicted octanol–water partition coefficient (Wildman–Crippen LogP) is 2.41. The molecule has 1 N–H and O–H groups in total. The fourth-order valence-corrected chi connectivity index (χ4v) is 3.35. The zero-order valence-electron chi connectivity index (χ0n) is 12.2. The van der Waals surface area contributed by atoms with E-state index in [0.29, 0.717) is 12.1 Å². The molecule has 0 saturated carbocycles. The van der Waals surface area contributed by atoms with E-state index in [1.54, 1.807) is 0 Å². The number of likely N-dealkylation sites (tertiary alicyclic amines) is 1. The van der Waals surface area contributed by atoms with Gasteiger partial charge in [-0.1, -0.05) is 6.92 Å². The van der Waals surface area contributed by atoms with Crippen LogP contribution in [0.5, 0.6) is 0 Å². The van der Waals surface area contributed by atoms with Gasteiger partial charge in [0.2, 0.25) is 0 Å². The summed E-state index contributed by atoms with van der Waals surface area (Å²) in [6.07, 6.45) is 8.15. The molecule has 0 aromatic heterocycles. The lowest BCUT2D eigenvalue weighted by Crippen LogP contribution is -2.43. The van der Waals surface area contributed by atoms with E-state index < -0.39 is 0 Å². The van der Waals surface area contributed by atoms with Crippen molar-refractivity contribution in [3.05, 3.63) is 0 Å². The fraction of sp³-hybridized carbons (Fsp3) is 1.00. The average molecular weight is 254 g/mol. The minimum absolute atomic E-state index is 0.443. The summed E-state index contributed by atoms with van der Waals surface area (Å²) < 4.78 is 5.62. The van der Waals surface area contributed by atoms with Gasteiger partial charge >= 0.3 is 0 Å². The van der Waals surface area contributed by atoms with Crippen LogP contribution in [0.25, 0.3) is 0 Å². The smallest absolute Gasteiger partial charge is 0.0561 e. The third-order valence-electron chi connectivity index (χ3n) is 4.32. The molecule has 0 bridgehead atoms. The van der Waals surface area contributed by atoms with Crippen molar-refractivity contribution in [1.82, 2.24) is 10.2 Å². The third kappa shape index (κ3) is 4.52. The largest absolute Gasteiger partial charge is 0.378 e. The maximum Gasteiger partial charge on any atom is 0.0561 e. The van der Waals surface area contributed by atoms with Gasteiger partial charge in [0, 0.05) is 18.7 Å². The second-order valence-corrected chi connectivity index (χ2v) is 6.04. The molecule has 2 saturated heterocycles. The van der Waals surface area contributed by atoms with Gasteiger partial charge in [0.25, 0.3) is 0 Å². The normalized spacial score (nSPS) is 35.3. The molecule has 0 aromatic rings. The summed E-state index contributed by atoms with van der Waals surface area (Å²) in [6.45, 7) is 9.28. The highest BCUT2D eigenvalue weighted by molar-refractivity contribution is 4.81. The number of rotatable bonds is 4. The second-order valence-electron chi connectivity index (χ2n) is 6.04. The van der Waals surface area contributed by atoms with Gasteiger partial charge in [-0.15, -0.1) is 0 Å². The van der Waals surface area contributed by atoms with Crippen molar-refractivity contribution >= 4 is 0 Å². The van der Waals surface area contributed by atoms with Gasteiger partial charge in [0.05, 0.1) is 6.10 Å². The second kappa shape index (κ2) is 7.46. The minimum Gasteiger partial charge on any atom is -0.378 e. The van der Waals surface area contributed by atoms with Crippen LogP contribution in [-0.4, -0.2) is 49.3 Å². The lowest BCUT2D eigenvalue weighted by molar-refractivity contribution is 0.0109. The number of nitrogens with one attached hydrogen (secondary N) is 1. The molecule has 2 fully saturated rings. The first kappa shape index (κ1) is 14.3. The van der Waals surface area contributed by atoms with Gasteiger partial charge < -0.3 is 15.0 Å². The summed E-state index contributed by atoms with van der Waals surface area (Å²) >= 11 is 0. The van der Waals surface area contributed by atoms with Crippen LogP contribution in [0.1, 0.15) is 52.4 Å². The molecule has 2 aliphatic rings. The molecule has 2 heterocycles. The quantitative estimate of drug-likeness (QED) is 0.834. The molecule has 0 amide bonds. The van der Waals surface area contributed by atoms with Crippen LogP contribution in [0.15, 0.2) is 0 Å². The van der Waals surface area contributed by atoms with E-state index in [2.05, 4.69) is 24.1 Å². The molecular formula is C15H30N2O. The summed E-state index contributed by atoms with van der Waals surface area (Å²) in [5.41, 5.74) is 0. The molecule has 3 nitrogen and oxygen atoms in total. The first-order chi connectivity index (χ1) is 8.78. The highest BCUT2D eigenvalue weighted by atomic mass is 16.5. The van der Waals surface area contributed by atoms with Crippen molar-refractivity contribution in [1.29, 1.82) is 0 Å². The van der Waals surface area contributed by atoms with Crippen LogP contribution in [0.2, 0.25) is 0 Å². The van der Waals surface area contributed by atoms with Crippen LogP contribution in [0.3, 0.4) is 0 Å². The van der Waals surface area contributed by atoms with Gasteiger partial charge in [-0.3, -0.25) is 0 Å². The van der Waals surface area contributed by atoms with Crippen molar-refractivity contribution in [3.63, 3.8) is 0 Å². The molecule has 2 aliphatic heterocycles. The van der Waals surface area contributed by atoms with Crippen LogP contribution < -0.4 is 5.32 Å². The van der Waals surface area contributed by atoms with E-state index in [0.717, 1.165) is 12.6 Å². The van der Waals surface area contributed by atoms with Gasteiger partial charge in [0.15, 0.2) is 0 Å². The number of hydrogen-bond acceptors (Lipinski definition) is 3. The first-order valence-electron chi connectivity index (χ1n) is 7.88. The molecular weight excluding hydrogens is 224 g/mol. The van der Waals surface area contributed by atoms with Crippen molar-refractivity contribution in [3.8, 4) is 0 Å². The summed E-state index contributed by atoms with van der Waals surface area (Å²) in [4.78, 5) is 2.63. The molecule has 0 radical (unpaired) electrons. The van der Waals surface area contributed by atoms with Gasteiger partial charge in [-0.25, -0.2) is 0 Å². The summed E-state index contributed by atoms with van der Waals surface area (Å²) in [6, 6.07) is 1.43. The van der Waals surface area contributed by atoms with Crippen molar-refractivity contribution in [2.45, 2.75) is 70.6 Å². The Morgan fingerprint density at radius 1 is 1.17 bits per heavy atom. The molecule has 0 aliphatic carbocycles. The van der Waals surface area contributed by atoms with E-state index in [1.165, 1.54) is 58.2 Å². The van der Waals surface area contributed by atoms with Crippen LogP contribution in [0, 0.1) is 0 Å². The molecule has 18 heavy (non-hydrogen) atoms. The van der Waals surface area contributed by atoms with E-state index in [4.69, 9.17) is 4.74 Å². The van der Waals surface area contributed by atoms with Crippen LogP contribution in [0.4, 0.5) is 0 Å². The van der Waals surface area contributed by atoms with E-state index in [1.807, 2.05) is 0 Å². The van der Waals surface area contributed by atoms with E-state index in [9.17, 15) is 0 Å². The van der Waals surface area contributed by atoms with Crippen LogP contribution >= 0.6 is 0 Å². The number of ether oxygens (including phenoxy) is 1. The summed E-state index contributed by atoms with van der Waals surface area (Å²) in [7, 11) is 0. The Balaban J connectivity index is 1.72. The minimum atomic E-state index is 0.443. The van der Waals surface area contributed by atoms with E-state index in [-0.39, 0.29) is 0 Å². The highest BCUT2D eigenvalue weighted by Crippen LogP contribution is 2.17. The monoisotopic (exact) mass is 254 g/mol. The van der Waals surface area contributed by atoms with Gasteiger partial charge in [-0.2, -0.15) is 0 Å². The molecule has 2 rings (SSSR count). The molecule has 0 spiro atoms. The Labute approximate surface area is 112 Å². The number of nitrogens with zero attached hydrogens (tertiary/aromatic N) is 1. The van der Waals surface area contributed by atoms with Crippen LogP contribution in [-0.2, 0) is 4.74 Å². The standard InChI is InChI=1S/C15H30N2O/c1-3-8-17-9-4-5-14(6-10-17)16-15-7-11-18-13(2)12-15/h13-16H,3-12H2,1-2H3. The molecule has 3 heteroatoms. The average Bonchev–Trinajstić information content (AvgIpc) is 2.56. The topological polar surface area (TPSA) is 24.5 Å². The maximum atomic E-state index is 5.62. The van der Waals surface area contributed by atoms with Crippen molar-refractivity contribution in [2.24, 2.45) is 0 Å². The first-order valence-corrected chi connectivity index (χ1v) is 7.88. The zero-order valence-corrected chi connectivity index (χ0v) is 12.2. The lowest BCUT2D eigenvalue weighted by Gasteiger charge is -2.31. The predicted molar refractivity (Wildman–Crippen MR) is 75.9 cm³/mol. The lowest BCUT2D eigenvalue weighted by atomic mass is 10.0. The van der Waals surface area contributed by atoms with Gasteiger partial charge in [-0.05, 0) is 65.1 Å². The SMILES string of the molecule is CCCN1CCCC(NC2CCOC(C)C2)CC1. The Kier molecular flexibility index (Phi) is 5.93. The Bertz CT molecular complexity index is 235. The Hall–Kier alpha value is -0.120. The molecule has 0 aromatic carbocycles. The fourth-order valence-electron chi connectivity index (χ4n) is 3.35. The van der Waals surface area contributed by atoms with Crippen molar-refractivity contribution in [2.75, 3.05) is 26.2 Å². The third-order valence-corrected chi connectivity index (χ3v) is 4.32. The maximum absolute atomic E-state index is 5.62. The highest BCUT2D eigenvalue weighted by Gasteiger charge is 2.23. The van der Waals surface area contributed by atoms with Gasteiger partial charge in [0.1, 0.15) is 0 Å². The van der Waals surface area contributed by atoms with E-state index >= 15 is 0 Å². The molecule has 3 atom stereocenters. The van der Waals surface area contributed by atoms with Crippen molar-refractivity contribution < 1.29 is 4.74 Å².